The number of amides is 3. The van der Waals surface area contributed by atoms with E-state index in [-0.39, 0.29) is 11.3 Å². The molecule has 1 saturated heterocycles. The molecule has 5 aliphatic rings. The number of primary amides is 1. The van der Waals surface area contributed by atoms with Gasteiger partial charge in [-0.15, -0.1) is 0 Å². The van der Waals surface area contributed by atoms with Gasteiger partial charge >= 0.3 is 0 Å². The summed E-state index contributed by atoms with van der Waals surface area (Å²) in [6.45, 7) is 2.38. The summed E-state index contributed by atoms with van der Waals surface area (Å²) in [5.74, 6) is 3.30. The zero-order chi connectivity index (χ0) is 24.9. The highest BCUT2D eigenvalue weighted by Gasteiger charge is 2.55. The Labute approximate surface area is 211 Å². The van der Waals surface area contributed by atoms with Crippen LogP contribution in [0.2, 0.25) is 0 Å². The predicted molar refractivity (Wildman–Crippen MR) is 135 cm³/mol. The highest BCUT2D eigenvalue weighted by atomic mass is 16.5. The Bertz CT molecular complexity index is 1130. The fourth-order valence-electron chi connectivity index (χ4n) is 7.49. The summed E-state index contributed by atoms with van der Waals surface area (Å²) in [5, 5.41) is 0. The molecule has 0 spiro atoms. The summed E-state index contributed by atoms with van der Waals surface area (Å²) < 4.78 is 5.81. The van der Waals surface area contributed by atoms with E-state index in [0.29, 0.717) is 54.7 Å². The van der Waals surface area contributed by atoms with Crippen molar-refractivity contribution in [2.75, 3.05) is 26.2 Å². The minimum Gasteiger partial charge on any atom is -0.457 e. The maximum absolute atomic E-state index is 13.6. The molecule has 1 heterocycles. The molecule has 188 valence electrons. The second kappa shape index (κ2) is 8.95. The van der Waals surface area contributed by atoms with Gasteiger partial charge in [-0.1, -0.05) is 0 Å². The number of nitrogens with zero attached hydrogens (tertiary/aromatic N) is 2. The van der Waals surface area contributed by atoms with E-state index in [2.05, 4.69) is 0 Å². The first kappa shape index (κ1) is 23.1. The first-order chi connectivity index (χ1) is 17.4. The number of ether oxygens (including phenoxy) is 1. The molecule has 0 aromatic heterocycles. The van der Waals surface area contributed by atoms with Crippen LogP contribution in [0, 0.1) is 23.2 Å². The third-order valence-electron chi connectivity index (χ3n) is 8.82. The van der Waals surface area contributed by atoms with Crippen LogP contribution in [0.5, 0.6) is 11.5 Å². The molecular formula is C29H33N3O4. The van der Waals surface area contributed by atoms with E-state index < -0.39 is 5.91 Å². The Kier molecular flexibility index (Phi) is 5.73. The summed E-state index contributed by atoms with van der Waals surface area (Å²) in [7, 11) is 0. The molecule has 4 bridgehead atoms. The van der Waals surface area contributed by atoms with Crippen molar-refractivity contribution in [3.8, 4) is 11.5 Å². The van der Waals surface area contributed by atoms with Gasteiger partial charge in [0.15, 0.2) is 0 Å². The number of rotatable bonds is 5. The van der Waals surface area contributed by atoms with E-state index in [4.69, 9.17) is 10.5 Å². The highest BCUT2D eigenvalue weighted by molar-refractivity contribution is 5.94. The van der Waals surface area contributed by atoms with Crippen LogP contribution in [0.25, 0.3) is 0 Å². The number of carbonyl (C=O) groups excluding carboxylic acids is 3. The molecule has 4 saturated carbocycles. The molecule has 7 heteroatoms. The molecule has 7 nitrogen and oxygen atoms in total. The van der Waals surface area contributed by atoms with Gasteiger partial charge in [-0.2, -0.15) is 0 Å². The lowest BCUT2D eigenvalue weighted by Gasteiger charge is -2.57. The van der Waals surface area contributed by atoms with Gasteiger partial charge in [0.25, 0.3) is 5.91 Å². The van der Waals surface area contributed by atoms with Gasteiger partial charge in [-0.25, -0.2) is 0 Å². The van der Waals surface area contributed by atoms with E-state index in [9.17, 15) is 14.4 Å². The van der Waals surface area contributed by atoms with Crippen LogP contribution in [0.15, 0.2) is 48.5 Å². The van der Waals surface area contributed by atoms with Crippen LogP contribution in [-0.4, -0.2) is 53.7 Å². The maximum atomic E-state index is 13.6. The standard InChI is InChI=1S/C29H33N3O4/c30-26(33)22-1-5-24(6-2-22)36-25-7-3-23(4-8-25)27(34)31-9-11-32(12-10-31)28(35)29-16-19-13-20(17-29)15-21(14-19)18-29/h1-8,19-21H,9-18H2,(H2,30,33). The van der Waals surface area contributed by atoms with E-state index in [0.717, 1.165) is 37.0 Å². The second-order valence-electron chi connectivity index (χ2n) is 11.3. The van der Waals surface area contributed by atoms with Gasteiger partial charge in [0, 0.05) is 37.3 Å². The Morgan fingerprint density at radius 1 is 0.694 bits per heavy atom. The van der Waals surface area contributed by atoms with Gasteiger partial charge in [0.05, 0.1) is 5.41 Å². The second-order valence-corrected chi connectivity index (χ2v) is 11.3. The average molecular weight is 488 g/mol. The van der Waals surface area contributed by atoms with Crippen LogP contribution in [-0.2, 0) is 4.79 Å². The minimum absolute atomic E-state index is 0.0192. The fourth-order valence-corrected chi connectivity index (χ4v) is 7.49. The molecular weight excluding hydrogens is 454 g/mol. The summed E-state index contributed by atoms with van der Waals surface area (Å²) in [6.07, 6.45) is 7.25. The molecule has 4 aliphatic carbocycles. The smallest absolute Gasteiger partial charge is 0.253 e. The third kappa shape index (κ3) is 4.25. The summed E-state index contributed by atoms with van der Waals surface area (Å²) >= 11 is 0. The van der Waals surface area contributed by atoms with Crippen molar-refractivity contribution in [3.05, 3.63) is 59.7 Å². The van der Waals surface area contributed by atoms with E-state index in [1.165, 1.54) is 19.3 Å². The highest BCUT2D eigenvalue weighted by Crippen LogP contribution is 2.60. The van der Waals surface area contributed by atoms with Gasteiger partial charge < -0.3 is 20.3 Å². The molecule has 2 N–H and O–H groups in total. The molecule has 36 heavy (non-hydrogen) atoms. The lowest BCUT2D eigenvalue weighted by molar-refractivity contribution is -0.159. The molecule has 3 amide bonds. The zero-order valence-electron chi connectivity index (χ0n) is 20.5. The molecule has 2 aromatic carbocycles. The lowest BCUT2D eigenvalue weighted by Crippen LogP contribution is -2.58. The zero-order valence-corrected chi connectivity index (χ0v) is 20.5. The summed E-state index contributed by atoms with van der Waals surface area (Å²) in [6, 6.07) is 13.7. The average Bonchev–Trinajstić information content (AvgIpc) is 2.88. The Morgan fingerprint density at radius 3 is 1.61 bits per heavy atom. The van der Waals surface area contributed by atoms with E-state index in [1.807, 2.05) is 9.80 Å². The normalized spacial score (nSPS) is 28.7. The lowest BCUT2D eigenvalue weighted by atomic mass is 9.49. The van der Waals surface area contributed by atoms with Crippen molar-refractivity contribution < 1.29 is 19.1 Å². The monoisotopic (exact) mass is 487 g/mol. The number of hydrogen-bond donors (Lipinski definition) is 1. The van der Waals surface area contributed by atoms with Crippen molar-refractivity contribution in [2.45, 2.75) is 38.5 Å². The first-order valence-electron chi connectivity index (χ1n) is 13.1. The molecule has 0 unspecified atom stereocenters. The van der Waals surface area contributed by atoms with Crippen molar-refractivity contribution in [2.24, 2.45) is 28.9 Å². The number of benzene rings is 2. The largest absolute Gasteiger partial charge is 0.457 e. The number of hydrogen-bond acceptors (Lipinski definition) is 4. The van der Waals surface area contributed by atoms with Gasteiger partial charge in [-0.05, 0) is 105 Å². The van der Waals surface area contributed by atoms with Crippen molar-refractivity contribution >= 4 is 17.7 Å². The van der Waals surface area contributed by atoms with Gasteiger partial charge in [-0.3, -0.25) is 14.4 Å². The van der Waals surface area contributed by atoms with Gasteiger partial charge in [0.2, 0.25) is 11.8 Å². The van der Waals surface area contributed by atoms with E-state index >= 15 is 0 Å². The van der Waals surface area contributed by atoms with Crippen LogP contribution >= 0.6 is 0 Å². The van der Waals surface area contributed by atoms with Crippen molar-refractivity contribution in [1.29, 1.82) is 0 Å². The summed E-state index contributed by atoms with van der Waals surface area (Å²) in [4.78, 5) is 41.8. The molecule has 7 rings (SSSR count). The quantitative estimate of drug-likeness (QED) is 0.688. The Morgan fingerprint density at radius 2 is 1.14 bits per heavy atom. The molecule has 2 aromatic rings. The predicted octanol–water partition coefficient (Wildman–Crippen LogP) is 4.08. The van der Waals surface area contributed by atoms with Crippen molar-refractivity contribution in [3.63, 3.8) is 0 Å². The third-order valence-corrected chi connectivity index (χ3v) is 8.82. The fraction of sp³-hybridized carbons (Fsp3) is 0.483. The molecule has 0 atom stereocenters. The van der Waals surface area contributed by atoms with Gasteiger partial charge in [0.1, 0.15) is 11.5 Å². The summed E-state index contributed by atoms with van der Waals surface area (Å²) in [5.41, 5.74) is 6.18. The van der Waals surface area contributed by atoms with Crippen LogP contribution < -0.4 is 10.5 Å². The Hall–Kier alpha value is -3.35. The minimum atomic E-state index is -0.484. The van der Waals surface area contributed by atoms with E-state index in [1.54, 1.807) is 48.5 Å². The maximum Gasteiger partial charge on any atom is 0.253 e. The number of piperazine rings is 1. The SMILES string of the molecule is NC(=O)c1ccc(Oc2ccc(C(=O)N3CCN(C(=O)C45CC6CC(CC(C6)C4)C5)CC3)cc2)cc1. The first-order valence-corrected chi connectivity index (χ1v) is 13.1. The Balaban J connectivity index is 1.04. The van der Waals surface area contributed by atoms with Crippen LogP contribution in [0.4, 0.5) is 0 Å². The number of carbonyl (C=O) groups is 3. The number of nitrogens with two attached hydrogens (primary N) is 1. The van der Waals surface area contributed by atoms with Crippen LogP contribution in [0.1, 0.15) is 59.2 Å². The van der Waals surface area contributed by atoms with Crippen LogP contribution in [0.3, 0.4) is 0 Å². The molecule has 5 fully saturated rings. The molecule has 1 aliphatic heterocycles. The molecule has 0 radical (unpaired) electrons. The topological polar surface area (TPSA) is 92.9 Å². The van der Waals surface area contributed by atoms with Crippen molar-refractivity contribution in [1.82, 2.24) is 9.80 Å².